The molecule has 18 heavy (non-hydrogen) atoms. The van der Waals surface area contributed by atoms with E-state index in [4.69, 9.17) is 0 Å². The Balaban J connectivity index is 2.19. The van der Waals surface area contributed by atoms with Crippen molar-refractivity contribution >= 4 is 0 Å². The number of aliphatic hydroxyl groups is 1. The third-order valence-corrected chi connectivity index (χ3v) is 2.81. The Morgan fingerprint density at radius 3 is 2.83 bits per heavy atom. The third kappa shape index (κ3) is 2.79. The molecule has 92 valence electrons. The van der Waals surface area contributed by atoms with Crippen molar-refractivity contribution in [3.05, 3.63) is 42.1 Å². The van der Waals surface area contributed by atoms with Crippen molar-refractivity contribution in [2.45, 2.75) is 25.9 Å². The van der Waals surface area contributed by atoms with Gasteiger partial charge in [-0.3, -0.25) is 5.10 Å². The zero-order chi connectivity index (χ0) is 12.8. The summed E-state index contributed by atoms with van der Waals surface area (Å²) in [5, 5.41) is 17.1. The van der Waals surface area contributed by atoms with Crippen molar-refractivity contribution in [1.29, 1.82) is 0 Å². The van der Waals surface area contributed by atoms with Gasteiger partial charge in [-0.2, -0.15) is 5.10 Å². The van der Waals surface area contributed by atoms with Crippen LogP contribution >= 0.6 is 0 Å². The van der Waals surface area contributed by atoms with Gasteiger partial charge in [-0.15, -0.1) is 11.8 Å². The van der Waals surface area contributed by atoms with Gasteiger partial charge >= 0.3 is 0 Å². The van der Waals surface area contributed by atoms with E-state index >= 15 is 0 Å². The molecule has 0 aliphatic carbocycles. The summed E-state index contributed by atoms with van der Waals surface area (Å²) in [7, 11) is 0. The SMILES string of the molecule is CC#CCCC(O)c1cn[nH]c1-c1ccccc1. The molecule has 0 saturated heterocycles. The molecule has 1 aromatic heterocycles. The lowest BCUT2D eigenvalue weighted by molar-refractivity contribution is 0.170. The normalized spacial score (nSPS) is 11.7. The number of hydrogen-bond acceptors (Lipinski definition) is 2. The molecular formula is C15H16N2O. The lowest BCUT2D eigenvalue weighted by atomic mass is 10.0. The highest BCUT2D eigenvalue weighted by molar-refractivity contribution is 5.62. The van der Waals surface area contributed by atoms with Crippen molar-refractivity contribution in [2.75, 3.05) is 0 Å². The molecule has 2 N–H and O–H groups in total. The number of aromatic amines is 1. The second kappa shape index (κ2) is 6.04. The molecule has 1 unspecified atom stereocenters. The molecule has 0 fully saturated rings. The second-order valence-corrected chi connectivity index (χ2v) is 4.05. The van der Waals surface area contributed by atoms with Crippen molar-refractivity contribution in [3.8, 4) is 23.1 Å². The molecule has 1 aromatic carbocycles. The van der Waals surface area contributed by atoms with Gasteiger partial charge in [0.2, 0.25) is 0 Å². The van der Waals surface area contributed by atoms with Crippen LogP contribution in [-0.2, 0) is 0 Å². The zero-order valence-corrected chi connectivity index (χ0v) is 10.4. The van der Waals surface area contributed by atoms with Crippen LogP contribution in [0.15, 0.2) is 36.5 Å². The lowest BCUT2D eigenvalue weighted by Gasteiger charge is -2.09. The first-order valence-electron chi connectivity index (χ1n) is 5.99. The number of hydrogen-bond donors (Lipinski definition) is 2. The van der Waals surface area contributed by atoms with Crippen molar-refractivity contribution in [3.63, 3.8) is 0 Å². The zero-order valence-electron chi connectivity index (χ0n) is 10.4. The largest absolute Gasteiger partial charge is 0.388 e. The fraction of sp³-hybridized carbons (Fsp3) is 0.267. The topological polar surface area (TPSA) is 48.9 Å². The van der Waals surface area contributed by atoms with Crippen LogP contribution in [0.25, 0.3) is 11.3 Å². The molecule has 0 aliphatic heterocycles. The van der Waals surface area contributed by atoms with Crippen molar-refractivity contribution < 1.29 is 5.11 Å². The van der Waals surface area contributed by atoms with Gasteiger partial charge in [-0.25, -0.2) is 0 Å². The molecular weight excluding hydrogens is 224 g/mol. The van der Waals surface area contributed by atoms with Crippen LogP contribution in [0.2, 0.25) is 0 Å². The van der Waals surface area contributed by atoms with Crippen LogP contribution in [0.5, 0.6) is 0 Å². The summed E-state index contributed by atoms with van der Waals surface area (Å²) in [6.07, 6.45) is 2.48. The molecule has 1 atom stereocenters. The maximum Gasteiger partial charge on any atom is 0.0835 e. The minimum Gasteiger partial charge on any atom is -0.388 e. The van der Waals surface area contributed by atoms with E-state index in [1.165, 1.54) is 0 Å². The standard InChI is InChI=1S/C15H16N2O/c1-2-3-5-10-14(18)13-11-16-17-15(13)12-8-6-4-7-9-12/h4,6-9,11,14,18H,5,10H2,1H3,(H,16,17). The Morgan fingerprint density at radius 1 is 1.33 bits per heavy atom. The molecule has 0 amide bonds. The molecule has 3 nitrogen and oxygen atoms in total. The Morgan fingerprint density at radius 2 is 2.11 bits per heavy atom. The van der Waals surface area contributed by atoms with Gasteiger partial charge in [0, 0.05) is 12.0 Å². The molecule has 2 rings (SSSR count). The minimum absolute atomic E-state index is 0.528. The first kappa shape index (κ1) is 12.4. The Kier molecular flexibility index (Phi) is 4.16. The monoisotopic (exact) mass is 240 g/mol. The van der Waals surface area contributed by atoms with Gasteiger partial charge < -0.3 is 5.11 Å². The summed E-state index contributed by atoms with van der Waals surface area (Å²) in [5.41, 5.74) is 2.75. The highest BCUT2D eigenvalue weighted by Crippen LogP contribution is 2.28. The molecule has 0 aliphatic rings. The number of aromatic nitrogens is 2. The predicted molar refractivity (Wildman–Crippen MR) is 71.7 cm³/mol. The smallest absolute Gasteiger partial charge is 0.0835 e. The first-order chi connectivity index (χ1) is 8.83. The molecule has 0 radical (unpaired) electrons. The maximum atomic E-state index is 10.2. The quantitative estimate of drug-likeness (QED) is 0.807. The number of benzene rings is 1. The predicted octanol–water partition coefficient (Wildman–Crippen LogP) is 2.91. The van der Waals surface area contributed by atoms with Crippen LogP contribution in [0, 0.1) is 11.8 Å². The third-order valence-electron chi connectivity index (χ3n) is 2.81. The fourth-order valence-electron chi connectivity index (χ4n) is 1.87. The summed E-state index contributed by atoms with van der Waals surface area (Å²) < 4.78 is 0. The van der Waals surface area contributed by atoms with E-state index in [2.05, 4.69) is 22.0 Å². The highest BCUT2D eigenvalue weighted by Gasteiger charge is 2.15. The molecule has 3 heteroatoms. The van der Waals surface area contributed by atoms with Crippen LogP contribution in [-0.4, -0.2) is 15.3 Å². The van der Waals surface area contributed by atoms with Crippen LogP contribution < -0.4 is 0 Å². The Hall–Kier alpha value is -2.05. The van der Waals surface area contributed by atoms with Crippen molar-refractivity contribution in [1.82, 2.24) is 10.2 Å². The van der Waals surface area contributed by atoms with E-state index < -0.39 is 6.10 Å². The number of nitrogens with one attached hydrogen (secondary N) is 1. The van der Waals surface area contributed by atoms with Gasteiger partial charge in [0.15, 0.2) is 0 Å². The summed E-state index contributed by atoms with van der Waals surface area (Å²) in [5.74, 6) is 5.79. The summed E-state index contributed by atoms with van der Waals surface area (Å²) in [6, 6.07) is 9.89. The van der Waals surface area contributed by atoms with Crippen LogP contribution in [0.1, 0.15) is 31.4 Å². The van der Waals surface area contributed by atoms with Gasteiger partial charge in [0.25, 0.3) is 0 Å². The van der Waals surface area contributed by atoms with E-state index in [1.807, 2.05) is 30.3 Å². The van der Waals surface area contributed by atoms with Gasteiger partial charge in [-0.1, -0.05) is 30.3 Å². The summed E-state index contributed by atoms with van der Waals surface area (Å²) in [4.78, 5) is 0. The minimum atomic E-state index is -0.528. The fourth-order valence-corrected chi connectivity index (χ4v) is 1.87. The highest BCUT2D eigenvalue weighted by atomic mass is 16.3. The van der Waals surface area contributed by atoms with Crippen LogP contribution in [0.3, 0.4) is 0 Å². The van der Waals surface area contributed by atoms with Gasteiger partial charge in [-0.05, 0) is 18.9 Å². The maximum absolute atomic E-state index is 10.2. The van der Waals surface area contributed by atoms with Gasteiger partial charge in [0.05, 0.1) is 18.0 Å². The number of aliphatic hydroxyl groups excluding tert-OH is 1. The lowest BCUT2D eigenvalue weighted by Crippen LogP contribution is -1.97. The number of nitrogens with zero attached hydrogens (tertiary/aromatic N) is 1. The molecule has 0 bridgehead atoms. The van der Waals surface area contributed by atoms with E-state index in [1.54, 1.807) is 13.1 Å². The molecule has 2 aromatic rings. The van der Waals surface area contributed by atoms with E-state index in [0.717, 1.165) is 16.8 Å². The van der Waals surface area contributed by atoms with E-state index in [-0.39, 0.29) is 0 Å². The average molecular weight is 240 g/mol. The summed E-state index contributed by atoms with van der Waals surface area (Å²) >= 11 is 0. The second-order valence-electron chi connectivity index (χ2n) is 4.05. The Bertz CT molecular complexity index is 549. The average Bonchev–Trinajstić information content (AvgIpc) is 2.89. The van der Waals surface area contributed by atoms with E-state index in [0.29, 0.717) is 12.8 Å². The Labute approximate surface area is 107 Å². The van der Waals surface area contributed by atoms with Crippen molar-refractivity contribution in [2.24, 2.45) is 0 Å². The summed E-state index contributed by atoms with van der Waals surface area (Å²) in [6.45, 7) is 1.81. The molecule has 0 saturated carbocycles. The number of H-pyrrole nitrogens is 1. The molecule has 0 spiro atoms. The van der Waals surface area contributed by atoms with Crippen LogP contribution in [0.4, 0.5) is 0 Å². The van der Waals surface area contributed by atoms with E-state index in [9.17, 15) is 5.11 Å². The molecule has 1 heterocycles. The van der Waals surface area contributed by atoms with Gasteiger partial charge in [0.1, 0.15) is 0 Å². The first-order valence-corrected chi connectivity index (χ1v) is 5.99. The number of rotatable bonds is 4.